The van der Waals surface area contributed by atoms with E-state index in [0.717, 1.165) is 18.7 Å². The van der Waals surface area contributed by atoms with Crippen molar-refractivity contribution in [3.63, 3.8) is 0 Å². The lowest BCUT2D eigenvalue weighted by Gasteiger charge is -2.18. The number of para-hydroxylation sites is 1. The van der Waals surface area contributed by atoms with E-state index in [0.29, 0.717) is 12.4 Å². The summed E-state index contributed by atoms with van der Waals surface area (Å²) in [4.78, 5) is 0. The first-order chi connectivity index (χ1) is 10.2. The summed E-state index contributed by atoms with van der Waals surface area (Å²) in [6.45, 7) is 5.71. The molecule has 0 aliphatic carbocycles. The number of ether oxygens (including phenoxy) is 1. The molecule has 0 aromatic heterocycles. The average Bonchev–Trinajstić information content (AvgIpc) is 2.50. The normalized spacial score (nSPS) is 12.1. The summed E-state index contributed by atoms with van der Waals surface area (Å²) in [7, 11) is 0. The molecule has 21 heavy (non-hydrogen) atoms. The maximum atomic E-state index is 9.27. The van der Waals surface area contributed by atoms with Gasteiger partial charge in [0.2, 0.25) is 0 Å². The van der Waals surface area contributed by atoms with Crippen molar-refractivity contribution in [2.45, 2.75) is 26.3 Å². The summed E-state index contributed by atoms with van der Waals surface area (Å²) in [5.41, 5.74) is 2.40. The Kier molecular flexibility index (Phi) is 5.64. The molecule has 0 bridgehead atoms. The van der Waals surface area contributed by atoms with Gasteiger partial charge in [0.25, 0.3) is 0 Å². The summed E-state index contributed by atoms with van der Waals surface area (Å²) in [6.07, 6.45) is 0.932. The summed E-state index contributed by atoms with van der Waals surface area (Å²) in [5, 5.41) is 12.8. The van der Waals surface area contributed by atoms with Crippen molar-refractivity contribution >= 4 is 0 Å². The SMILES string of the molecule is CCOc1ccccc1C(C)NCCc1ccc(O)cc1. The van der Waals surface area contributed by atoms with Crippen LogP contribution in [0, 0.1) is 0 Å². The molecule has 1 unspecified atom stereocenters. The monoisotopic (exact) mass is 285 g/mol. The predicted molar refractivity (Wildman–Crippen MR) is 85.8 cm³/mol. The molecule has 0 aliphatic heterocycles. The third kappa shape index (κ3) is 4.50. The van der Waals surface area contributed by atoms with Crippen molar-refractivity contribution in [2.24, 2.45) is 0 Å². The van der Waals surface area contributed by atoms with Gasteiger partial charge in [-0.2, -0.15) is 0 Å². The molecule has 0 saturated heterocycles. The lowest BCUT2D eigenvalue weighted by atomic mass is 10.1. The minimum atomic E-state index is 0.241. The molecule has 0 aliphatic rings. The zero-order chi connectivity index (χ0) is 15.1. The van der Waals surface area contributed by atoms with Crippen LogP contribution in [0.3, 0.4) is 0 Å². The zero-order valence-electron chi connectivity index (χ0n) is 12.7. The topological polar surface area (TPSA) is 41.5 Å². The molecular weight excluding hydrogens is 262 g/mol. The molecule has 3 heteroatoms. The summed E-state index contributed by atoms with van der Waals surface area (Å²) >= 11 is 0. The Labute approximate surface area is 126 Å². The van der Waals surface area contributed by atoms with Crippen molar-refractivity contribution in [1.82, 2.24) is 5.32 Å². The Bertz CT molecular complexity index is 551. The Hall–Kier alpha value is -2.00. The molecule has 2 aromatic rings. The van der Waals surface area contributed by atoms with E-state index in [1.54, 1.807) is 12.1 Å². The standard InChI is InChI=1S/C18H23NO2/c1-3-21-18-7-5-4-6-17(18)14(2)19-13-12-15-8-10-16(20)11-9-15/h4-11,14,19-20H,3,12-13H2,1-2H3. The highest BCUT2D eigenvalue weighted by Gasteiger charge is 2.10. The van der Waals surface area contributed by atoms with Crippen LogP contribution in [0.4, 0.5) is 0 Å². The van der Waals surface area contributed by atoms with Crippen LogP contribution in [0.1, 0.15) is 31.0 Å². The fourth-order valence-corrected chi connectivity index (χ4v) is 2.33. The van der Waals surface area contributed by atoms with Gasteiger partial charge >= 0.3 is 0 Å². The molecular formula is C18H23NO2. The second-order valence-corrected chi connectivity index (χ2v) is 5.06. The largest absolute Gasteiger partial charge is 0.508 e. The van der Waals surface area contributed by atoms with E-state index in [2.05, 4.69) is 18.3 Å². The van der Waals surface area contributed by atoms with E-state index in [1.165, 1.54) is 11.1 Å². The van der Waals surface area contributed by atoms with Gasteiger partial charge in [0.1, 0.15) is 11.5 Å². The van der Waals surface area contributed by atoms with Crippen LogP contribution in [-0.2, 0) is 6.42 Å². The number of hydrogen-bond donors (Lipinski definition) is 2. The molecule has 0 fully saturated rings. The maximum absolute atomic E-state index is 9.27. The number of benzene rings is 2. The molecule has 0 saturated carbocycles. The van der Waals surface area contributed by atoms with E-state index in [4.69, 9.17) is 4.74 Å². The van der Waals surface area contributed by atoms with Gasteiger partial charge in [0, 0.05) is 11.6 Å². The molecule has 2 rings (SSSR count). The second-order valence-electron chi connectivity index (χ2n) is 5.06. The summed E-state index contributed by atoms with van der Waals surface area (Å²) in [5.74, 6) is 1.26. The van der Waals surface area contributed by atoms with Crippen LogP contribution in [0.15, 0.2) is 48.5 Å². The number of nitrogens with one attached hydrogen (secondary N) is 1. The van der Waals surface area contributed by atoms with Crippen molar-refractivity contribution in [3.8, 4) is 11.5 Å². The third-order valence-corrected chi connectivity index (χ3v) is 3.49. The molecule has 0 heterocycles. The Morgan fingerprint density at radius 1 is 1.10 bits per heavy atom. The van der Waals surface area contributed by atoms with E-state index in [-0.39, 0.29) is 6.04 Å². The van der Waals surface area contributed by atoms with E-state index < -0.39 is 0 Å². The third-order valence-electron chi connectivity index (χ3n) is 3.49. The molecule has 3 nitrogen and oxygen atoms in total. The van der Waals surface area contributed by atoms with Gasteiger partial charge in [-0.05, 0) is 50.6 Å². The van der Waals surface area contributed by atoms with Crippen LogP contribution >= 0.6 is 0 Å². The molecule has 112 valence electrons. The quantitative estimate of drug-likeness (QED) is 0.815. The first-order valence-electron chi connectivity index (χ1n) is 7.43. The fraction of sp³-hybridized carbons (Fsp3) is 0.333. The lowest BCUT2D eigenvalue weighted by molar-refractivity contribution is 0.332. The highest BCUT2D eigenvalue weighted by Crippen LogP contribution is 2.24. The number of rotatable bonds is 7. The summed E-state index contributed by atoms with van der Waals surface area (Å²) < 4.78 is 5.67. The molecule has 2 N–H and O–H groups in total. The van der Waals surface area contributed by atoms with Crippen LogP contribution in [0.2, 0.25) is 0 Å². The summed E-state index contributed by atoms with van der Waals surface area (Å²) in [6, 6.07) is 15.7. The van der Waals surface area contributed by atoms with Crippen molar-refractivity contribution in [3.05, 3.63) is 59.7 Å². The van der Waals surface area contributed by atoms with Gasteiger partial charge < -0.3 is 15.2 Å². The molecule has 0 spiro atoms. The average molecular weight is 285 g/mol. The van der Waals surface area contributed by atoms with Gasteiger partial charge in [-0.3, -0.25) is 0 Å². The number of aromatic hydroxyl groups is 1. The van der Waals surface area contributed by atoms with E-state index >= 15 is 0 Å². The van der Waals surface area contributed by atoms with Crippen molar-refractivity contribution in [2.75, 3.05) is 13.2 Å². The zero-order valence-corrected chi connectivity index (χ0v) is 12.7. The first-order valence-corrected chi connectivity index (χ1v) is 7.43. The highest BCUT2D eigenvalue weighted by atomic mass is 16.5. The van der Waals surface area contributed by atoms with Crippen LogP contribution in [0.5, 0.6) is 11.5 Å². The first kappa shape index (κ1) is 15.4. The predicted octanol–water partition coefficient (Wildman–Crippen LogP) is 3.68. The van der Waals surface area contributed by atoms with Gasteiger partial charge in [0.05, 0.1) is 6.61 Å². The smallest absolute Gasteiger partial charge is 0.124 e. The van der Waals surface area contributed by atoms with Gasteiger partial charge in [-0.25, -0.2) is 0 Å². The van der Waals surface area contributed by atoms with Gasteiger partial charge in [-0.15, -0.1) is 0 Å². The number of hydrogen-bond acceptors (Lipinski definition) is 3. The Morgan fingerprint density at radius 3 is 2.52 bits per heavy atom. The van der Waals surface area contributed by atoms with Crippen molar-refractivity contribution in [1.29, 1.82) is 0 Å². The highest BCUT2D eigenvalue weighted by molar-refractivity contribution is 5.35. The number of phenolic OH excluding ortho intramolecular Hbond substituents is 1. The Morgan fingerprint density at radius 2 is 1.81 bits per heavy atom. The fourth-order valence-electron chi connectivity index (χ4n) is 2.33. The van der Waals surface area contributed by atoms with Crippen LogP contribution < -0.4 is 10.1 Å². The Balaban J connectivity index is 1.89. The lowest BCUT2D eigenvalue weighted by Crippen LogP contribution is -2.22. The maximum Gasteiger partial charge on any atom is 0.124 e. The minimum absolute atomic E-state index is 0.241. The molecule has 1 atom stereocenters. The number of phenols is 1. The van der Waals surface area contributed by atoms with Crippen molar-refractivity contribution < 1.29 is 9.84 Å². The van der Waals surface area contributed by atoms with Crippen LogP contribution in [-0.4, -0.2) is 18.3 Å². The second kappa shape index (κ2) is 7.70. The van der Waals surface area contributed by atoms with E-state index in [1.807, 2.05) is 37.3 Å². The van der Waals surface area contributed by atoms with Gasteiger partial charge in [-0.1, -0.05) is 30.3 Å². The minimum Gasteiger partial charge on any atom is -0.508 e. The van der Waals surface area contributed by atoms with Gasteiger partial charge in [0.15, 0.2) is 0 Å². The molecule has 2 aromatic carbocycles. The van der Waals surface area contributed by atoms with E-state index in [9.17, 15) is 5.11 Å². The van der Waals surface area contributed by atoms with Crippen LogP contribution in [0.25, 0.3) is 0 Å². The molecule has 0 radical (unpaired) electrons. The molecule has 0 amide bonds.